The third-order valence-corrected chi connectivity index (χ3v) is 5.89. The minimum absolute atomic E-state index is 0.0621. The van der Waals surface area contributed by atoms with Gasteiger partial charge in [-0.15, -0.1) is 0 Å². The van der Waals surface area contributed by atoms with Crippen LogP contribution in [0.25, 0.3) is 0 Å². The Morgan fingerprint density at radius 1 is 0.897 bits per heavy atom. The lowest BCUT2D eigenvalue weighted by molar-refractivity contribution is -0.142. The number of methoxy groups -OCH3 is 1. The van der Waals surface area contributed by atoms with Gasteiger partial charge in [-0.05, 0) is 64.8 Å². The van der Waals surface area contributed by atoms with Gasteiger partial charge in [-0.1, -0.05) is 0 Å². The van der Waals surface area contributed by atoms with Crippen molar-refractivity contribution in [2.75, 3.05) is 18.6 Å². The number of hydrogen-bond acceptors (Lipinski definition) is 9. The van der Waals surface area contributed by atoms with Crippen LogP contribution < -0.4 is 30.9 Å². The minimum atomic E-state index is -1.04. The molecule has 0 saturated carbocycles. The standard InChI is InChI=1S/C26H37N5O8/c1-15(2)27-26(37)39-19-10-8-18(9-11-19)31-14-6-7-20(31)25(36)30-24(35)17(4)29-23(34)16(3)28-21(32)12-13-22(33)38-5/h8-11,15-17,20H,6-7,12-14H2,1-5H3,(H,27,37)(H,28,32)(H,29,34)(H,30,35,36)/t16-,17-,20-/m0/s1. The van der Waals surface area contributed by atoms with Crippen LogP contribution in [0.1, 0.15) is 53.4 Å². The molecule has 13 heteroatoms. The van der Waals surface area contributed by atoms with Gasteiger partial charge in [0.2, 0.25) is 23.6 Å². The molecule has 1 aliphatic heterocycles. The maximum absolute atomic E-state index is 12.9. The summed E-state index contributed by atoms with van der Waals surface area (Å²) in [5.74, 6) is -2.52. The number of benzene rings is 1. The highest BCUT2D eigenvalue weighted by atomic mass is 16.6. The zero-order chi connectivity index (χ0) is 29.1. The molecule has 5 amide bonds. The summed E-state index contributed by atoms with van der Waals surface area (Å²) in [6.07, 6.45) is 0.440. The quantitative estimate of drug-likeness (QED) is 0.292. The fourth-order valence-corrected chi connectivity index (χ4v) is 3.84. The van der Waals surface area contributed by atoms with Crippen molar-refractivity contribution < 1.29 is 38.2 Å². The average Bonchev–Trinajstić information content (AvgIpc) is 3.37. The summed E-state index contributed by atoms with van der Waals surface area (Å²) >= 11 is 0. The molecule has 13 nitrogen and oxygen atoms in total. The van der Waals surface area contributed by atoms with Crippen LogP contribution in [0.3, 0.4) is 0 Å². The Morgan fingerprint density at radius 3 is 2.15 bits per heavy atom. The highest BCUT2D eigenvalue weighted by Crippen LogP contribution is 2.27. The average molecular weight is 548 g/mol. The Kier molecular flexibility index (Phi) is 11.7. The van der Waals surface area contributed by atoms with Crippen LogP contribution in [0, 0.1) is 0 Å². The number of nitrogens with one attached hydrogen (secondary N) is 4. The van der Waals surface area contributed by atoms with E-state index in [-0.39, 0.29) is 18.9 Å². The normalized spacial score (nSPS) is 16.1. The topological polar surface area (TPSA) is 172 Å². The van der Waals surface area contributed by atoms with E-state index in [0.717, 1.165) is 12.1 Å². The Morgan fingerprint density at radius 2 is 1.54 bits per heavy atom. The van der Waals surface area contributed by atoms with Crippen LogP contribution in [-0.4, -0.2) is 73.5 Å². The second kappa shape index (κ2) is 14.7. The first-order chi connectivity index (χ1) is 18.4. The number of imide groups is 1. The third-order valence-electron chi connectivity index (χ3n) is 5.89. The largest absolute Gasteiger partial charge is 0.469 e. The molecular formula is C26H37N5O8. The third kappa shape index (κ3) is 9.91. The van der Waals surface area contributed by atoms with E-state index in [9.17, 15) is 28.8 Å². The number of rotatable bonds is 11. The Bertz CT molecular complexity index is 1060. The molecule has 0 radical (unpaired) electrons. The van der Waals surface area contributed by atoms with Crippen molar-refractivity contribution in [2.45, 2.75) is 77.5 Å². The second-order valence-electron chi connectivity index (χ2n) is 9.48. The monoisotopic (exact) mass is 547 g/mol. The lowest BCUT2D eigenvalue weighted by atomic mass is 10.1. The SMILES string of the molecule is COC(=O)CCC(=O)N[C@@H](C)C(=O)N[C@@H](C)C(=O)NC(=O)[C@@H]1CCCN1c1ccc(OC(=O)NC(C)C)cc1. The lowest BCUT2D eigenvalue weighted by Gasteiger charge is -2.26. The first-order valence-electron chi connectivity index (χ1n) is 12.8. The molecule has 0 aliphatic carbocycles. The molecule has 0 bridgehead atoms. The summed E-state index contributed by atoms with van der Waals surface area (Å²) in [5, 5.41) is 9.88. The number of carbonyl (C=O) groups is 6. The lowest BCUT2D eigenvalue weighted by Crippen LogP contribution is -2.54. The number of hydrogen-bond donors (Lipinski definition) is 4. The summed E-state index contributed by atoms with van der Waals surface area (Å²) in [6.45, 7) is 7.09. The molecule has 1 saturated heterocycles. The van der Waals surface area contributed by atoms with E-state index in [1.807, 2.05) is 18.7 Å². The summed E-state index contributed by atoms with van der Waals surface area (Å²) in [5.41, 5.74) is 0.731. The molecule has 0 spiro atoms. The smallest absolute Gasteiger partial charge is 0.412 e. The Labute approximate surface area is 227 Å². The summed E-state index contributed by atoms with van der Waals surface area (Å²) in [7, 11) is 1.21. The number of carbonyl (C=O) groups excluding carboxylic acids is 6. The van der Waals surface area contributed by atoms with Gasteiger partial charge in [0.25, 0.3) is 0 Å². The molecule has 1 fully saturated rings. The van der Waals surface area contributed by atoms with Crippen LogP contribution in [0.4, 0.5) is 10.5 Å². The zero-order valence-corrected chi connectivity index (χ0v) is 22.9. The number of nitrogens with zero attached hydrogens (tertiary/aromatic N) is 1. The van der Waals surface area contributed by atoms with E-state index in [1.54, 1.807) is 24.3 Å². The van der Waals surface area contributed by atoms with Gasteiger partial charge in [0.1, 0.15) is 23.9 Å². The zero-order valence-electron chi connectivity index (χ0n) is 22.9. The fourth-order valence-electron chi connectivity index (χ4n) is 3.84. The highest BCUT2D eigenvalue weighted by Gasteiger charge is 2.33. The minimum Gasteiger partial charge on any atom is -0.469 e. The molecular weight excluding hydrogens is 510 g/mol. The second-order valence-corrected chi connectivity index (χ2v) is 9.48. The number of esters is 1. The number of amides is 5. The van der Waals surface area contributed by atoms with Crippen LogP contribution in [0.15, 0.2) is 24.3 Å². The van der Waals surface area contributed by atoms with Gasteiger partial charge < -0.3 is 30.3 Å². The van der Waals surface area contributed by atoms with E-state index in [4.69, 9.17) is 4.74 Å². The van der Waals surface area contributed by atoms with E-state index in [1.165, 1.54) is 21.0 Å². The van der Waals surface area contributed by atoms with Crippen molar-refractivity contribution in [3.05, 3.63) is 24.3 Å². The first kappa shape index (κ1) is 31.1. The van der Waals surface area contributed by atoms with Crippen molar-refractivity contribution >= 4 is 41.4 Å². The van der Waals surface area contributed by atoms with Crippen molar-refractivity contribution in [3.63, 3.8) is 0 Å². The molecule has 1 aromatic rings. The summed E-state index contributed by atoms with van der Waals surface area (Å²) in [4.78, 5) is 74.6. The molecule has 2 rings (SSSR count). The molecule has 0 aromatic heterocycles. The van der Waals surface area contributed by atoms with Gasteiger partial charge >= 0.3 is 12.1 Å². The van der Waals surface area contributed by atoms with Crippen molar-refractivity contribution in [1.29, 1.82) is 0 Å². The maximum atomic E-state index is 12.9. The predicted octanol–water partition coefficient (Wildman–Crippen LogP) is 0.758. The van der Waals surface area contributed by atoms with Crippen molar-refractivity contribution in [1.82, 2.24) is 21.3 Å². The summed E-state index contributed by atoms with van der Waals surface area (Å²) in [6, 6.07) is 4.05. The molecule has 39 heavy (non-hydrogen) atoms. The number of ether oxygens (including phenoxy) is 2. The maximum Gasteiger partial charge on any atom is 0.412 e. The fraction of sp³-hybridized carbons (Fsp3) is 0.538. The highest BCUT2D eigenvalue weighted by molar-refractivity contribution is 6.02. The van der Waals surface area contributed by atoms with Gasteiger partial charge in [-0.2, -0.15) is 0 Å². The Hall–Kier alpha value is -4.16. The van der Waals surface area contributed by atoms with E-state index in [2.05, 4.69) is 26.0 Å². The van der Waals surface area contributed by atoms with E-state index < -0.39 is 53.8 Å². The molecule has 1 aromatic carbocycles. The van der Waals surface area contributed by atoms with E-state index >= 15 is 0 Å². The molecule has 1 heterocycles. The van der Waals surface area contributed by atoms with E-state index in [0.29, 0.717) is 18.7 Å². The van der Waals surface area contributed by atoms with Gasteiger partial charge in [0.15, 0.2) is 0 Å². The number of anilines is 1. The summed E-state index contributed by atoms with van der Waals surface area (Å²) < 4.78 is 9.69. The molecule has 0 unspecified atom stereocenters. The van der Waals surface area contributed by atoms with Crippen LogP contribution in [0.5, 0.6) is 5.75 Å². The molecule has 3 atom stereocenters. The van der Waals surface area contributed by atoms with Crippen molar-refractivity contribution in [3.8, 4) is 5.75 Å². The molecule has 4 N–H and O–H groups in total. The van der Waals surface area contributed by atoms with Crippen LogP contribution in [-0.2, 0) is 28.7 Å². The van der Waals surface area contributed by atoms with Crippen LogP contribution in [0.2, 0.25) is 0 Å². The van der Waals surface area contributed by atoms with Gasteiger partial charge in [-0.25, -0.2) is 4.79 Å². The van der Waals surface area contributed by atoms with Gasteiger partial charge in [0, 0.05) is 24.7 Å². The predicted molar refractivity (Wildman–Crippen MR) is 141 cm³/mol. The molecule has 214 valence electrons. The van der Waals surface area contributed by atoms with Gasteiger partial charge in [-0.3, -0.25) is 29.3 Å². The van der Waals surface area contributed by atoms with Crippen LogP contribution >= 0.6 is 0 Å². The van der Waals surface area contributed by atoms with Gasteiger partial charge in [0.05, 0.1) is 13.5 Å². The molecule has 1 aliphatic rings. The van der Waals surface area contributed by atoms with Crippen molar-refractivity contribution in [2.24, 2.45) is 0 Å². The first-order valence-corrected chi connectivity index (χ1v) is 12.8. The Balaban J connectivity index is 1.87.